The standard InChI is InChI=1S/C11H14ClN/c1-4-11(2,13-3)9-6-5-7-10(12)8-9/h5-8H,3-4H2,1-2H3. The maximum atomic E-state index is 5.90. The van der Waals surface area contributed by atoms with Gasteiger partial charge in [-0.3, -0.25) is 4.99 Å². The second-order valence-corrected chi connectivity index (χ2v) is 3.73. The molecule has 0 aliphatic heterocycles. The first-order valence-corrected chi connectivity index (χ1v) is 4.74. The van der Waals surface area contributed by atoms with Gasteiger partial charge in [-0.05, 0) is 37.8 Å². The first-order chi connectivity index (χ1) is 6.12. The van der Waals surface area contributed by atoms with Crippen molar-refractivity contribution in [2.45, 2.75) is 25.8 Å². The molecule has 0 heterocycles. The van der Waals surface area contributed by atoms with E-state index in [4.69, 9.17) is 11.6 Å². The van der Waals surface area contributed by atoms with Crippen LogP contribution in [0.3, 0.4) is 0 Å². The Morgan fingerprint density at radius 2 is 2.23 bits per heavy atom. The van der Waals surface area contributed by atoms with E-state index < -0.39 is 0 Å². The highest BCUT2D eigenvalue weighted by atomic mass is 35.5. The molecule has 0 amide bonds. The van der Waals surface area contributed by atoms with Crippen molar-refractivity contribution in [3.05, 3.63) is 34.9 Å². The van der Waals surface area contributed by atoms with Crippen molar-refractivity contribution < 1.29 is 0 Å². The molecule has 0 N–H and O–H groups in total. The molecule has 0 bridgehead atoms. The fourth-order valence-electron chi connectivity index (χ4n) is 1.23. The van der Waals surface area contributed by atoms with Crippen LogP contribution in [0.25, 0.3) is 0 Å². The van der Waals surface area contributed by atoms with Gasteiger partial charge in [-0.25, -0.2) is 0 Å². The Balaban J connectivity index is 3.12. The molecule has 0 fully saturated rings. The minimum Gasteiger partial charge on any atom is -0.290 e. The van der Waals surface area contributed by atoms with Crippen molar-refractivity contribution in [1.29, 1.82) is 0 Å². The van der Waals surface area contributed by atoms with E-state index in [0.717, 1.165) is 17.0 Å². The molecule has 1 rings (SSSR count). The van der Waals surface area contributed by atoms with Crippen molar-refractivity contribution >= 4 is 18.3 Å². The van der Waals surface area contributed by atoms with Gasteiger partial charge in [0.05, 0.1) is 5.54 Å². The summed E-state index contributed by atoms with van der Waals surface area (Å²) in [7, 11) is 0. The Morgan fingerprint density at radius 1 is 1.54 bits per heavy atom. The van der Waals surface area contributed by atoms with Gasteiger partial charge < -0.3 is 0 Å². The molecule has 1 nitrogen and oxygen atoms in total. The summed E-state index contributed by atoms with van der Waals surface area (Å²) < 4.78 is 0. The molecule has 1 atom stereocenters. The van der Waals surface area contributed by atoms with Gasteiger partial charge in [0.2, 0.25) is 0 Å². The molecule has 1 aromatic rings. The van der Waals surface area contributed by atoms with Gasteiger partial charge in [0.15, 0.2) is 0 Å². The number of rotatable bonds is 3. The highest BCUT2D eigenvalue weighted by molar-refractivity contribution is 6.30. The summed E-state index contributed by atoms with van der Waals surface area (Å²) in [6.07, 6.45) is 0.927. The Hall–Kier alpha value is -0.820. The zero-order valence-electron chi connectivity index (χ0n) is 8.05. The maximum Gasteiger partial charge on any atom is 0.0819 e. The van der Waals surface area contributed by atoms with Crippen LogP contribution >= 0.6 is 11.6 Å². The summed E-state index contributed by atoms with van der Waals surface area (Å²) in [5.74, 6) is 0. The highest BCUT2D eigenvalue weighted by Crippen LogP contribution is 2.29. The lowest BCUT2D eigenvalue weighted by Crippen LogP contribution is -2.16. The van der Waals surface area contributed by atoms with Crippen LogP contribution in [0.1, 0.15) is 25.8 Å². The van der Waals surface area contributed by atoms with E-state index >= 15 is 0 Å². The van der Waals surface area contributed by atoms with E-state index in [1.54, 1.807) is 0 Å². The smallest absolute Gasteiger partial charge is 0.0819 e. The molecular formula is C11H14ClN. The van der Waals surface area contributed by atoms with Gasteiger partial charge in [-0.2, -0.15) is 0 Å². The van der Waals surface area contributed by atoms with Gasteiger partial charge in [-0.1, -0.05) is 30.7 Å². The molecule has 0 aromatic heterocycles. The lowest BCUT2D eigenvalue weighted by Gasteiger charge is -2.23. The lowest BCUT2D eigenvalue weighted by molar-refractivity contribution is 0.484. The predicted octanol–water partition coefficient (Wildman–Crippen LogP) is 3.67. The van der Waals surface area contributed by atoms with Gasteiger partial charge in [0.1, 0.15) is 0 Å². The molecule has 1 aromatic carbocycles. The number of hydrogen-bond acceptors (Lipinski definition) is 1. The zero-order valence-corrected chi connectivity index (χ0v) is 8.80. The summed E-state index contributed by atoms with van der Waals surface area (Å²) in [5, 5.41) is 0.751. The Morgan fingerprint density at radius 3 is 2.69 bits per heavy atom. The molecule has 0 saturated carbocycles. The van der Waals surface area contributed by atoms with Gasteiger partial charge in [0, 0.05) is 5.02 Å². The number of halogens is 1. The third kappa shape index (κ3) is 2.10. The number of nitrogens with zero attached hydrogens (tertiary/aromatic N) is 1. The fourth-order valence-corrected chi connectivity index (χ4v) is 1.42. The topological polar surface area (TPSA) is 12.4 Å². The van der Waals surface area contributed by atoms with Crippen LogP contribution in [0, 0.1) is 0 Å². The van der Waals surface area contributed by atoms with Crippen LogP contribution in [0.5, 0.6) is 0 Å². The van der Waals surface area contributed by atoms with E-state index in [2.05, 4.69) is 25.6 Å². The lowest BCUT2D eigenvalue weighted by atomic mass is 9.90. The molecular weight excluding hydrogens is 182 g/mol. The summed E-state index contributed by atoms with van der Waals surface area (Å²) in [5.41, 5.74) is 0.919. The van der Waals surface area contributed by atoms with Gasteiger partial charge >= 0.3 is 0 Å². The van der Waals surface area contributed by atoms with E-state index in [1.807, 2.05) is 24.3 Å². The molecule has 70 valence electrons. The molecule has 2 heteroatoms. The number of benzene rings is 1. The molecule has 0 spiro atoms. The Kier molecular flexibility index (Phi) is 3.10. The third-order valence-corrected chi connectivity index (χ3v) is 2.72. The van der Waals surface area contributed by atoms with E-state index in [0.29, 0.717) is 0 Å². The summed E-state index contributed by atoms with van der Waals surface area (Å²) in [6, 6.07) is 7.78. The van der Waals surface area contributed by atoms with Crippen LogP contribution in [0.4, 0.5) is 0 Å². The van der Waals surface area contributed by atoms with Crippen LogP contribution in [-0.4, -0.2) is 6.72 Å². The normalized spacial score (nSPS) is 15.0. The number of aliphatic imine (C=N–C) groups is 1. The van der Waals surface area contributed by atoms with Crippen molar-refractivity contribution in [1.82, 2.24) is 0 Å². The highest BCUT2D eigenvalue weighted by Gasteiger charge is 2.21. The van der Waals surface area contributed by atoms with Crippen LogP contribution < -0.4 is 0 Å². The second-order valence-electron chi connectivity index (χ2n) is 3.30. The van der Waals surface area contributed by atoms with E-state index in [-0.39, 0.29) is 5.54 Å². The van der Waals surface area contributed by atoms with Crippen LogP contribution in [-0.2, 0) is 5.54 Å². The SMILES string of the molecule is C=NC(C)(CC)c1cccc(Cl)c1. The van der Waals surface area contributed by atoms with Crippen LogP contribution in [0.15, 0.2) is 29.3 Å². The second kappa shape index (κ2) is 3.93. The van der Waals surface area contributed by atoms with Crippen molar-refractivity contribution in [2.24, 2.45) is 4.99 Å². The molecule has 13 heavy (non-hydrogen) atoms. The largest absolute Gasteiger partial charge is 0.290 e. The van der Waals surface area contributed by atoms with Gasteiger partial charge in [0.25, 0.3) is 0 Å². The average molecular weight is 196 g/mol. The van der Waals surface area contributed by atoms with E-state index in [9.17, 15) is 0 Å². The quantitative estimate of drug-likeness (QED) is 0.653. The summed E-state index contributed by atoms with van der Waals surface area (Å²) in [6.45, 7) is 7.77. The summed E-state index contributed by atoms with van der Waals surface area (Å²) >= 11 is 5.90. The molecule has 0 saturated heterocycles. The minimum atomic E-state index is -0.203. The fraction of sp³-hybridized carbons (Fsp3) is 0.364. The molecule has 0 aliphatic rings. The average Bonchev–Trinajstić information content (AvgIpc) is 2.17. The van der Waals surface area contributed by atoms with Crippen molar-refractivity contribution in [2.75, 3.05) is 0 Å². The van der Waals surface area contributed by atoms with E-state index in [1.165, 1.54) is 0 Å². The van der Waals surface area contributed by atoms with Crippen molar-refractivity contribution in [3.8, 4) is 0 Å². The predicted molar refractivity (Wildman–Crippen MR) is 58.6 cm³/mol. The molecule has 0 aliphatic carbocycles. The van der Waals surface area contributed by atoms with Crippen LogP contribution in [0.2, 0.25) is 5.02 Å². The minimum absolute atomic E-state index is 0.203. The maximum absolute atomic E-state index is 5.90. The number of hydrogen-bond donors (Lipinski definition) is 0. The first kappa shape index (κ1) is 10.3. The Bertz CT molecular complexity index is 309. The molecule has 0 radical (unpaired) electrons. The third-order valence-electron chi connectivity index (χ3n) is 2.48. The van der Waals surface area contributed by atoms with Crippen molar-refractivity contribution in [3.63, 3.8) is 0 Å². The van der Waals surface area contributed by atoms with Gasteiger partial charge in [-0.15, -0.1) is 0 Å². The zero-order chi connectivity index (χ0) is 9.90. The first-order valence-electron chi connectivity index (χ1n) is 4.36. The Labute approximate surface area is 84.5 Å². The molecule has 1 unspecified atom stereocenters. The summed E-state index contributed by atoms with van der Waals surface area (Å²) in [4.78, 5) is 4.14. The monoisotopic (exact) mass is 195 g/mol.